The number of rotatable bonds is 7. The minimum absolute atomic E-state index is 0. The standard InChI is InChI=1S/C9H20O.Ca.2H/c1-2-3-4-5-6-7-8-9-10;;;/h10H,2-9H2,1H3;;;/q;+2;2*-1. The van der Waals surface area contributed by atoms with Gasteiger partial charge in [-0.05, 0) is 6.42 Å². The Balaban J connectivity index is -0.000000135. The molecule has 0 radical (unpaired) electrons. The van der Waals surface area contributed by atoms with Crippen molar-refractivity contribution in [3.63, 3.8) is 0 Å². The van der Waals surface area contributed by atoms with E-state index in [1.54, 1.807) is 0 Å². The topological polar surface area (TPSA) is 20.2 Å². The number of hydrogen-bond acceptors (Lipinski definition) is 1. The van der Waals surface area contributed by atoms with Crippen LogP contribution in [0.15, 0.2) is 0 Å². The fourth-order valence-corrected chi connectivity index (χ4v) is 1.07. The van der Waals surface area contributed by atoms with Crippen molar-refractivity contribution in [2.75, 3.05) is 6.61 Å². The van der Waals surface area contributed by atoms with Crippen LogP contribution in [0.2, 0.25) is 0 Å². The van der Waals surface area contributed by atoms with Gasteiger partial charge in [0.05, 0.1) is 0 Å². The van der Waals surface area contributed by atoms with Crippen molar-refractivity contribution in [1.29, 1.82) is 0 Å². The smallest absolute Gasteiger partial charge is 1.00 e. The van der Waals surface area contributed by atoms with Crippen molar-refractivity contribution in [3.8, 4) is 0 Å². The van der Waals surface area contributed by atoms with Gasteiger partial charge in [0.15, 0.2) is 0 Å². The fraction of sp³-hybridized carbons (Fsp3) is 1.00. The van der Waals surface area contributed by atoms with E-state index in [0.717, 1.165) is 6.42 Å². The normalized spacial score (nSPS) is 9.27. The Kier molecular flexibility index (Phi) is 18.5. The first kappa shape index (κ1) is 14.7. The fourth-order valence-electron chi connectivity index (χ4n) is 1.07. The van der Waals surface area contributed by atoms with Crippen molar-refractivity contribution in [3.05, 3.63) is 0 Å². The average Bonchev–Trinajstić information content (AvgIpc) is 1.97. The van der Waals surface area contributed by atoms with Gasteiger partial charge in [0, 0.05) is 6.61 Å². The molecular formula is C9H22CaO. The summed E-state index contributed by atoms with van der Waals surface area (Å²) in [5, 5.41) is 8.47. The van der Waals surface area contributed by atoms with E-state index in [9.17, 15) is 0 Å². The van der Waals surface area contributed by atoms with E-state index in [1.807, 2.05) is 0 Å². The molecule has 2 heteroatoms. The van der Waals surface area contributed by atoms with E-state index in [4.69, 9.17) is 5.11 Å². The van der Waals surface area contributed by atoms with E-state index >= 15 is 0 Å². The molecule has 0 amide bonds. The Hall–Kier alpha value is 1.22. The first-order valence-corrected chi connectivity index (χ1v) is 4.52. The van der Waals surface area contributed by atoms with Gasteiger partial charge in [-0.25, -0.2) is 0 Å². The molecule has 0 aromatic carbocycles. The first-order chi connectivity index (χ1) is 4.91. The summed E-state index contributed by atoms with van der Waals surface area (Å²) in [6.07, 6.45) is 8.93. The van der Waals surface area contributed by atoms with Crippen LogP contribution in [0.3, 0.4) is 0 Å². The summed E-state index contributed by atoms with van der Waals surface area (Å²) in [6, 6.07) is 0. The predicted octanol–water partition coefficient (Wildman–Crippen LogP) is 2.57. The van der Waals surface area contributed by atoms with Crippen LogP contribution in [0.25, 0.3) is 0 Å². The second-order valence-corrected chi connectivity index (χ2v) is 2.84. The molecule has 0 saturated carbocycles. The van der Waals surface area contributed by atoms with Gasteiger partial charge in [0.1, 0.15) is 0 Å². The maximum atomic E-state index is 8.47. The summed E-state index contributed by atoms with van der Waals surface area (Å²) in [7, 11) is 0. The van der Waals surface area contributed by atoms with Crippen LogP contribution in [0.1, 0.15) is 54.7 Å². The summed E-state index contributed by atoms with van der Waals surface area (Å²) in [6.45, 7) is 2.60. The molecule has 0 unspecified atom stereocenters. The third kappa shape index (κ3) is 14.1. The van der Waals surface area contributed by atoms with Gasteiger partial charge >= 0.3 is 37.7 Å². The van der Waals surface area contributed by atoms with Gasteiger partial charge in [0.25, 0.3) is 0 Å². The summed E-state index contributed by atoms with van der Waals surface area (Å²) < 4.78 is 0. The van der Waals surface area contributed by atoms with Gasteiger partial charge in [-0.15, -0.1) is 0 Å². The monoisotopic (exact) mass is 186 g/mol. The molecule has 0 aliphatic rings. The molecule has 0 aromatic rings. The van der Waals surface area contributed by atoms with Crippen molar-refractivity contribution in [2.24, 2.45) is 0 Å². The number of aliphatic hydroxyl groups is 1. The van der Waals surface area contributed by atoms with Crippen molar-refractivity contribution in [1.82, 2.24) is 0 Å². The van der Waals surface area contributed by atoms with Crippen molar-refractivity contribution >= 4 is 37.7 Å². The molecule has 0 fully saturated rings. The molecule has 0 heterocycles. The molecule has 0 atom stereocenters. The van der Waals surface area contributed by atoms with E-state index in [0.29, 0.717) is 6.61 Å². The second kappa shape index (κ2) is 13.8. The molecule has 1 nitrogen and oxygen atoms in total. The zero-order chi connectivity index (χ0) is 7.66. The molecule has 0 bridgehead atoms. The van der Waals surface area contributed by atoms with Crippen molar-refractivity contribution in [2.45, 2.75) is 51.9 Å². The quantitative estimate of drug-likeness (QED) is 0.478. The largest absolute Gasteiger partial charge is 2.00 e. The second-order valence-electron chi connectivity index (χ2n) is 2.84. The maximum absolute atomic E-state index is 8.47. The van der Waals surface area contributed by atoms with Crippen LogP contribution >= 0.6 is 0 Å². The Morgan fingerprint density at radius 2 is 1.36 bits per heavy atom. The molecule has 0 rings (SSSR count). The summed E-state index contributed by atoms with van der Waals surface area (Å²) in [5.41, 5.74) is 0. The Morgan fingerprint density at radius 3 is 1.82 bits per heavy atom. The Labute approximate surface area is 104 Å². The van der Waals surface area contributed by atoms with Gasteiger partial charge in [0.2, 0.25) is 0 Å². The first-order valence-electron chi connectivity index (χ1n) is 4.52. The molecule has 0 aliphatic heterocycles. The minimum atomic E-state index is 0. The van der Waals surface area contributed by atoms with Crippen LogP contribution < -0.4 is 0 Å². The van der Waals surface area contributed by atoms with Gasteiger partial charge in [-0.3, -0.25) is 0 Å². The van der Waals surface area contributed by atoms with E-state index in [1.165, 1.54) is 38.5 Å². The molecule has 0 aliphatic carbocycles. The van der Waals surface area contributed by atoms with Crippen LogP contribution in [-0.4, -0.2) is 49.5 Å². The third-order valence-electron chi connectivity index (χ3n) is 1.76. The molecule has 0 spiro atoms. The third-order valence-corrected chi connectivity index (χ3v) is 1.76. The Morgan fingerprint density at radius 1 is 0.909 bits per heavy atom. The maximum Gasteiger partial charge on any atom is 2.00 e. The molecule has 66 valence electrons. The van der Waals surface area contributed by atoms with E-state index < -0.39 is 0 Å². The van der Waals surface area contributed by atoms with Gasteiger partial charge in [-0.2, -0.15) is 0 Å². The average molecular weight is 186 g/mol. The molecular weight excluding hydrogens is 164 g/mol. The molecule has 0 saturated heterocycles. The van der Waals surface area contributed by atoms with Gasteiger partial charge < -0.3 is 7.96 Å². The summed E-state index contributed by atoms with van der Waals surface area (Å²) in [4.78, 5) is 0. The summed E-state index contributed by atoms with van der Waals surface area (Å²) in [5.74, 6) is 0. The molecule has 0 aromatic heterocycles. The number of hydrogen-bond donors (Lipinski definition) is 1. The van der Waals surface area contributed by atoms with E-state index in [-0.39, 0.29) is 40.6 Å². The van der Waals surface area contributed by atoms with Crippen LogP contribution in [0, 0.1) is 0 Å². The van der Waals surface area contributed by atoms with Crippen LogP contribution in [0.5, 0.6) is 0 Å². The predicted molar refractivity (Wildman–Crippen MR) is 53.1 cm³/mol. The van der Waals surface area contributed by atoms with E-state index in [2.05, 4.69) is 6.92 Å². The molecule has 1 N–H and O–H groups in total. The summed E-state index contributed by atoms with van der Waals surface area (Å²) >= 11 is 0. The Bertz CT molecular complexity index is 57.6. The number of aliphatic hydroxyl groups excluding tert-OH is 1. The van der Waals surface area contributed by atoms with Gasteiger partial charge in [-0.1, -0.05) is 45.4 Å². The molecule has 11 heavy (non-hydrogen) atoms. The number of unbranched alkanes of at least 4 members (excludes halogenated alkanes) is 6. The van der Waals surface area contributed by atoms with Crippen LogP contribution in [0.4, 0.5) is 0 Å². The van der Waals surface area contributed by atoms with Crippen molar-refractivity contribution < 1.29 is 7.96 Å². The zero-order valence-electron chi connectivity index (χ0n) is 9.81. The minimum Gasteiger partial charge on any atom is -1.00 e. The zero-order valence-corrected chi connectivity index (χ0v) is 10.0. The SMILES string of the molecule is CCCCCCCCCO.[Ca+2].[H-].[H-]. The van der Waals surface area contributed by atoms with Crippen LogP contribution in [-0.2, 0) is 0 Å².